The van der Waals surface area contributed by atoms with Gasteiger partial charge in [-0.25, -0.2) is 8.42 Å². The maximum atomic E-state index is 14.1. The molecule has 3 aromatic rings. The van der Waals surface area contributed by atoms with Crippen molar-refractivity contribution in [2.24, 2.45) is 5.92 Å². The van der Waals surface area contributed by atoms with Crippen LogP contribution in [0.25, 0.3) is 0 Å². The van der Waals surface area contributed by atoms with E-state index in [1.807, 2.05) is 58.2 Å². The molecule has 3 aromatic carbocycles. The summed E-state index contributed by atoms with van der Waals surface area (Å²) in [6.45, 7) is 9.80. The molecule has 226 valence electrons. The van der Waals surface area contributed by atoms with E-state index in [0.717, 1.165) is 20.3 Å². The molecular weight excluding hydrogens is 571 g/mol. The molecule has 0 saturated heterocycles. The molecule has 1 unspecified atom stereocenters. The number of thioether (sulfide) groups is 1. The second kappa shape index (κ2) is 15.1. The summed E-state index contributed by atoms with van der Waals surface area (Å²) in [6.07, 6.45) is 1.91. The number of benzene rings is 3. The van der Waals surface area contributed by atoms with Crippen LogP contribution >= 0.6 is 11.8 Å². The molecule has 42 heavy (non-hydrogen) atoms. The molecule has 0 heterocycles. The molecule has 0 aliphatic carbocycles. The predicted molar refractivity (Wildman–Crippen MR) is 169 cm³/mol. The zero-order chi connectivity index (χ0) is 30.9. The highest BCUT2D eigenvalue weighted by atomic mass is 32.2. The van der Waals surface area contributed by atoms with Crippen LogP contribution in [0.3, 0.4) is 0 Å². The number of para-hydroxylation sites is 2. The zero-order valence-corrected chi connectivity index (χ0v) is 26.8. The summed E-state index contributed by atoms with van der Waals surface area (Å²) >= 11 is 1.50. The van der Waals surface area contributed by atoms with Crippen molar-refractivity contribution in [2.45, 2.75) is 57.0 Å². The van der Waals surface area contributed by atoms with Crippen LogP contribution in [0.4, 0.5) is 5.69 Å². The third kappa shape index (κ3) is 8.51. The smallest absolute Gasteiger partial charge is 0.264 e. The highest BCUT2D eigenvalue weighted by Gasteiger charge is 2.33. The van der Waals surface area contributed by atoms with Crippen molar-refractivity contribution in [3.8, 4) is 5.75 Å². The first-order valence-corrected chi connectivity index (χ1v) is 16.7. The van der Waals surface area contributed by atoms with E-state index in [4.69, 9.17) is 4.74 Å². The molecule has 10 heteroatoms. The Balaban J connectivity index is 2.07. The molecule has 0 saturated carbocycles. The van der Waals surface area contributed by atoms with E-state index in [0.29, 0.717) is 18.9 Å². The lowest BCUT2D eigenvalue weighted by atomic mass is 10.1. The molecule has 0 aliphatic rings. The van der Waals surface area contributed by atoms with E-state index < -0.39 is 28.5 Å². The average molecular weight is 612 g/mol. The van der Waals surface area contributed by atoms with Crippen molar-refractivity contribution in [2.75, 3.05) is 30.3 Å². The third-order valence-electron chi connectivity index (χ3n) is 6.65. The number of nitrogens with zero attached hydrogens (tertiary/aromatic N) is 2. The first kappa shape index (κ1) is 33.0. The molecule has 0 aromatic heterocycles. The number of carbonyl (C=O) groups excluding carboxylic acids is 2. The Kier molecular flexibility index (Phi) is 11.9. The number of hydrogen-bond acceptors (Lipinski definition) is 6. The van der Waals surface area contributed by atoms with Gasteiger partial charge in [-0.15, -0.1) is 11.8 Å². The van der Waals surface area contributed by atoms with Crippen LogP contribution in [0.5, 0.6) is 5.75 Å². The Labute approximate surface area is 254 Å². The number of carbonyl (C=O) groups is 2. The second-order valence-corrected chi connectivity index (χ2v) is 13.2. The van der Waals surface area contributed by atoms with E-state index in [1.54, 1.807) is 43.3 Å². The van der Waals surface area contributed by atoms with E-state index in [-0.39, 0.29) is 29.0 Å². The minimum Gasteiger partial charge on any atom is -0.492 e. The fraction of sp³-hybridized carbons (Fsp3) is 0.375. The highest BCUT2D eigenvalue weighted by molar-refractivity contribution is 7.98. The Morgan fingerprint density at radius 2 is 1.67 bits per heavy atom. The largest absolute Gasteiger partial charge is 0.492 e. The molecule has 8 nitrogen and oxygen atoms in total. The van der Waals surface area contributed by atoms with Gasteiger partial charge in [0.1, 0.15) is 18.3 Å². The molecule has 0 radical (unpaired) electrons. The number of nitrogens with one attached hydrogen (secondary N) is 1. The van der Waals surface area contributed by atoms with Gasteiger partial charge < -0.3 is 15.0 Å². The van der Waals surface area contributed by atoms with Gasteiger partial charge in [0.05, 0.1) is 17.2 Å². The van der Waals surface area contributed by atoms with Crippen LogP contribution in [-0.2, 0) is 26.2 Å². The number of ether oxygens (including phenoxy) is 1. The van der Waals surface area contributed by atoms with E-state index in [2.05, 4.69) is 5.32 Å². The maximum Gasteiger partial charge on any atom is 0.264 e. The standard InChI is InChI=1S/C32H41N3O5S2/c1-7-40-30-14-9-8-13-29(30)35(42(38,39)28-17-15-27(41-6)16-18-28)22-31(36)34(21-26-12-10-11-24(4)19-26)25(5)32(37)33-20-23(2)3/h8-19,23,25H,7,20-22H2,1-6H3,(H,33,37). The summed E-state index contributed by atoms with van der Waals surface area (Å²) < 4.78 is 35.1. The van der Waals surface area contributed by atoms with Gasteiger partial charge in [-0.05, 0) is 74.9 Å². The predicted octanol–water partition coefficient (Wildman–Crippen LogP) is 5.50. The topological polar surface area (TPSA) is 96.0 Å². The maximum absolute atomic E-state index is 14.1. The van der Waals surface area contributed by atoms with Gasteiger partial charge in [0.2, 0.25) is 11.8 Å². The van der Waals surface area contributed by atoms with Crippen LogP contribution in [0, 0.1) is 12.8 Å². The third-order valence-corrected chi connectivity index (χ3v) is 9.16. The summed E-state index contributed by atoms with van der Waals surface area (Å²) in [6, 6.07) is 20.1. The van der Waals surface area contributed by atoms with Crippen molar-refractivity contribution in [1.82, 2.24) is 10.2 Å². The van der Waals surface area contributed by atoms with Gasteiger partial charge in [-0.2, -0.15) is 0 Å². The lowest BCUT2D eigenvalue weighted by Gasteiger charge is -2.32. The highest BCUT2D eigenvalue weighted by Crippen LogP contribution is 2.33. The van der Waals surface area contributed by atoms with Crippen molar-refractivity contribution in [3.63, 3.8) is 0 Å². The van der Waals surface area contributed by atoms with Crippen LogP contribution in [-0.4, -0.2) is 57.1 Å². The lowest BCUT2D eigenvalue weighted by molar-refractivity contribution is -0.139. The Hall–Kier alpha value is -3.50. The fourth-order valence-corrected chi connectivity index (χ4v) is 6.20. The van der Waals surface area contributed by atoms with Crippen molar-refractivity contribution >= 4 is 39.3 Å². The SMILES string of the molecule is CCOc1ccccc1N(CC(=O)N(Cc1cccc(C)c1)C(C)C(=O)NCC(C)C)S(=O)(=O)c1ccc(SC)cc1. The van der Waals surface area contributed by atoms with Crippen LogP contribution in [0.2, 0.25) is 0 Å². The Morgan fingerprint density at radius 1 is 0.976 bits per heavy atom. The molecule has 1 atom stereocenters. The summed E-state index contributed by atoms with van der Waals surface area (Å²) in [5, 5.41) is 2.91. The molecule has 0 aliphatic heterocycles. The quantitative estimate of drug-likeness (QED) is 0.242. The van der Waals surface area contributed by atoms with E-state index in [9.17, 15) is 18.0 Å². The van der Waals surface area contributed by atoms with Crippen LogP contribution in [0.1, 0.15) is 38.8 Å². The van der Waals surface area contributed by atoms with Crippen LogP contribution in [0.15, 0.2) is 82.6 Å². The van der Waals surface area contributed by atoms with Crippen LogP contribution < -0.4 is 14.4 Å². The molecule has 1 N–H and O–H groups in total. The van der Waals surface area contributed by atoms with Gasteiger partial charge in [-0.3, -0.25) is 13.9 Å². The van der Waals surface area contributed by atoms with Crippen molar-refractivity contribution in [1.29, 1.82) is 0 Å². The number of rotatable bonds is 14. The van der Waals surface area contributed by atoms with Crippen molar-refractivity contribution in [3.05, 3.63) is 83.9 Å². The lowest BCUT2D eigenvalue weighted by Crippen LogP contribution is -2.51. The Morgan fingerprint density at radius 3 is 2.29 bits per heavy atom. The second-order valence-electron chi connectivity index (χ2n) is 10.4. The fourth-order valence-electron chi connectivity index (χ4n) is 4.37. The summed E-state index contributed by atoms with van der Waals surface area (Å²) in [4.78, 5) is 29.7. The average Bonchev–Trinajstić information content (AvgIpc) is 2.97. The monoisotopic (exact) mass is 611 g/mol. The first-order valence-electron chi connectivity index (χ1n) is 14.0. The summed E-state index contributed by atoms with van der Waals surface area (Å²) in [5.74, 6) is -0.249. The van der Waals surface area contributed by atoms with E-state index in [1.165, 1.54) is 28.8 Å². The van der Waals surface area contributed by atoms with E-state index >= 15 is 0 Å². The first-order chi connectivity index (χ1) is 20.0. The number of anilines is 1. The molecule has 3 rings (SSSR count). The molecule has 2 amide bonds. The normalized spacial score (nSPS) is 12.1. The van der Waals surface area contributed by atoms with Gasteiger partial charge in [0.25, 0.3) is 10.0 Å². The number of aryl methyl sites for hydroxylation is 1. The van der Waals surface area contributed by atoms with Crippen molar-refractivity contribution < 1.29 is 22.7 Å². The van der Waals surface area contributed by atoms with Gasteiger partial charge in [0.15, 0.2) is 0 Å². The van der Waals surface area contributed by atoms with Gasteiger partial charge in [-0.1, -0.05) is 55.8 Å². The molecule has 0 bridgehead atoms. The minimum absolute atomic E-state index is 0.0485. The molecular formula is C32H41N3O5S2. The number of amides is 2. The summed E-state index contributed by atoms with van der Waals surface area (Å²) in [5.41, 5.74) is 2.10. The van der Waals surface area contributed by atoms with Gasteiger partial charge in [0, 0.05) is 18.0 Å². The minimum atomic E-state index is -4.20. The molecule has 0 fully saturated rings. The number of sulfonamides is 1. The summed E-state index contributed by atoms with van der Waals surface area (Å²) in [7, 11) is -4.20. The molecule has 0 spiro atoms. The van der Waals surface area contributed by atoms with Gasteiger partial charge >= 0.3 is 0 Å². The zero-order valence-electron chi connectivity index (χ0n) is 25.2. The number of hydrogen-bond donors (Lipinski definition) is 1. The Bertz CT molecular complexity index is 1460.